The van der Waals surface area contributed by atoms with Crippen molar-refractivity contribution in [2.45, 2.75) is 67.2 Å². The van der Waals surface area contributed by atoms with Gasteiger partial charge in [0.15, 0.2) is 0 Å². The number of carboxylic acid groups (broad SMARTS) is 2. The Bertz CT molecular complexity index is 1120. The molecule has 2 N–H and O–H groups in total. The van der Waals surface area contributed by atoms with Crippen LogP contribution in [-0.2, 0) is 44.9 Å². The fourth-order valence-electron chi connectivity index (χ4n) is 4.30. The van der Waals surface area contributed by atoms with Crippen LogP contribution in [0.25, 0.3) is 0 Å². The second-order valence-electron chi connectivity index (χ2n) is 10.8. The Labute approximate surface area is 207 Å². The molecule has 0 heterocycles. The molecular weight excluding hydrogens is 444 g/mol. The van der Waals surface area contributed by atoms with Crippen molar-refractivity contribution in [3.05, 3.63) is 70.8 Å². The van der Waals surface area contributed by atoms with Gasteiger partial charge in [-0.15, -0.1) is 0 Å². The summed E-state index contributed by atoms with van der Waals surface area (Å²) >= 11 is 0. The van der Waals surface area contributed by atoms with Crippen LogP contribution in [0.1, 0.15) is 63.8 Å². The van der Waals surface area contributed by atoms with Gasteiger partial charge in [0.1, 0.15) is 11.6 Å². The average molecular weight is 481 g/mol. The molecule has 0 amide bonds. The van der Waals surface area contributed by atoms with Gasteiger partial charge in [0.2, 0.25) is 0 Å². The summed E-state index contributed by atoms with van der Waals surface area (Å²) in [6.07, 6.45) is 1.13. The lowest BCUT2D eigenvalue weighted by Gasteiger charge is -2.27. The predicted octanol–water partition coefficient (Wildman–Crippen LogP) is 4.94. The number of Topliss-reactive ketones (excluding diaryl/α,β-unsaturated/α-hetero) is 2. The third kappa shape index (κ3) is 6.87. The van der Waals surface area contributed by atoms with Crippen LogP contribution in [0.3, 0.4) is 0 Å². The van der Waals surface area contributed by atoms with Gasteiger partial charge in [0.25, 0.3) is 0 Å². The first-order chi connectivity index (χ1) is 16.1. The van der Waals surface area contributed by atoms with Crippen molar-refractivity contribution < 1.29 is 29.4 Å². The van der Waals surface area contributed by atoms with Crippen LogP contribution in [-0.4, -0.2) is 33.7 Å². The first-order valence-corrected chi connectivity index (χ1v) is 11.7. The molecule has 6 nitrogen and oxygen atoms in total. The van der Waals surface area contributed by atoms with Crippen LogP contribution in [0.15, 0.2) is 48.5 Å². The summed E-state index contributed by atoms with van der Waals surface area (Å²) in [5, 5.41) is 19.6. The normalized spacial score (nSPS) is 13.7. The van der Waals surface area contributed by atoms with Crippen LogP contribution < -0.4 is 0 Å². The topological polar surface area (TPSA) is 109 Å². The molecule has 1 atom stereocenters. The lowest BCUT2D eigenvalue weighted by atomic mass is 9.75. The fraction of sp³-hybridized carbons (Fsp3) is 0.448. The summed E-state index contributed by atoms with van der Waals surface area (Å²) in [4.78, 5) is 48.1. The Hall–Kier alpha value is -3.28. The van der Waals surface area contributed by atoms with Crippen LogP contribution >= 0.6 is 0 Å². The summed E-state index contributed by atoms with van der Waals surface area (Å²) in [6.45, 7) is 9.51. The summed E-state index contributed by atoms with van der Waals surface area (Å²) in [5.74, 6) is -2.21. The molecule has 1 unspecified atom stereocenters. The second kappa shape index (κ2) is 10.5. The molecule has 0 aliphatic carbocycles. The lowest BCUT2D eigenvalue weighted by molar-refractivity contribution is -0.148. The third-order valence-corrected chi connectivity index (χ3v) is 7.02. The monoisotopic (exact) mass is 480 g/mol. The highest BCUT2D eigenvalue weighted by molar-refractivity contribution is 6.04. The lowest BCUT2D eigenvalue weighted by Crippen LogP contribution is -2.35. The molecule has 0 aliphatic rings. The molecule has 0 spiro atoms. The Morgan fingerprint density at radius 1 is 0.629 bits per heavy atom. The summed E-state index contributed by atoms with van der Waals surface area (Å²) in [6, 6.07) is 14.8. The van der Waals surface area contributed by atoms with E-state index in [1.54, 1.807) is 27.7 Å². The molecule has 0 saturated carbocycles. The van der Waals surface area contributed by atoms with Gasteiger partial charge < -0.3 is 10.2 Å². The molecule has 0 saturated heterocycles. The Kier molecular flexibility index (Phi) is 8.43. The second-order valence-corrected chi connectivity index (χ2v) is 10.8. The van der Waals surface area contributed by atoms with Gasteiger partial charge in [0.05, 0.1) is 16.2 Å². The first kappa shape index (κ1) is 28.0. The zero-order valence-electron chi connectivity index (χ0n) is 21.5. The largest absolute Gasteiger partial charge is 0.481 e. The van der Waals surface area contributed by atoms with Gasteiger partial charge in [-0.1, -0.05) is 48.5 Å². The molecular formula is C29H36O6. The van der Waals surface area contributed by atoms with Crippen molar-refractivity contribution >= 4 is 23.5 Å². The number of hydrogen-bond acceptors (Lipinski definition) is 4. The Morgan fingerprint density at radius 3 is 1.34 bits per heavy atom. The van der Waals surface area contributed by atoms with Crippen molar-refractivity contribution in [1.29, 1.82) is 0 Å². The van der Waals surface area contributed by atoms with Crippen LogP contribution in [0.5, 0.6) is 0 Å². The van der Waals surface area contributed by atoms with E-state index in [1.165, 1.54) is 13.8 Å². The first-order valence-electron chi connectivity index (χ1n) is 11.7. The smallest absolute Gasteiger partial charge is 0.310 e. The summed E-state index contributed by atoms with van der Waals surface area (Å²) < 4.78 is 0. The molecule has 0 aromatic heterocycles. The van der Waals surface area contributed by atoms with Gasteiger partial charge in [-0.3, -0.25) is 19.2 Å². The van der Waals surface area contributed by atoms with Crippen molar-refractivity contribution in [3.8, 4) is 0 Å². The minimum Gasteiger partial charge on any atom is -0.481 e. The molecule has 0 fully saturated rings. The van der Waals surface area contributed by atoms with Gasteiger partial charge >= 0.3 is 11.9 Å². The van der Waals surface area contributed by atoms with E-state index in [0.29, 0.717) is 6.42 Å². The maximum Gasteiger partial charge on any atom is 0.310 e. The van der Waals surface area contributed by atoms with E-state index in [4.69, 9.17) is 0 Å². The number of carboxylic acids is 2. The van der Waals surface area contributed by atoms with Crippen LogP contribution in [0.2, 0.25) is 0 Å². The minimum absolute atomic E-state index is 0.197. The quantitative estimate of drug-likeness (QED) is 0.417. The van der Waals surface area contributed by atoms with Gasteiger partial charge in [0, 0.05) is 0 Å². The molecule has 188 valence electrons. The van der Waals surface area contributed by atoms with Crippen molar-refractivity contribution in [2.75, 3.05) is 0 Å². The number of aliphatic carboxylic acids is 2. The Morgan fingerprint density at radius 2 is 1.00 bits per heavy atom. The maximum atomic E-state index is 12.4. The van der Waals surface area contributed by atoms with Gasteiger partial charge in [-0.05, 0) is 89.5 Å². The van der Waals surface area contributed by atoms with E-state index in [0.717, 1.165) is 22.3 Å². The fourth-order valence-corrected chi connectivity index (χ4v) is 4.30. The Balaban J connectivity index is 2.29. The van der Waals surface area contributed by atoms with E-state index >= 15 is 0 Å². The van der Waals surface area contributed by atoms with E-state index in [2.05, 4.69) is 0 Å². The zero-order valence-corrected chi connectivity index (χ0v) is 21.5. The van der Waals surface area contributed by atoms with E-state index < -0.39 is 28.2 Å². The predicted molar refractivity (Wildman–Crippen MR) is 134 cm³/mol. The molecule has 2 rings (SSSR count). The number of benzene rings is 2. The number of rotatable bonds is 12. The zero-order chi connectivity index (χ0) is 26.6. The molecule has 2 aromatic carbocycles. The number of hydrogen-bond donors (Lipinski definition) is 2. The molecule has 0 aliphatic heterocycles. The minimum atomic E-state index is -1.11. The molecule has 6 heteroatoms. The van der Waals surface area contributed by atoms with Crippen molar-refractivity contribution in [3.63, 3.8) is 0 Å². The maximum absolute atomic E-state index is 12.4. The van der Waals surface area contributed by atoms with E-state index in [9.17, 15) is 29.4 Å². The van der Waals surface area contributed by atoms with Crippen LogP contribution in [0, 0.1) is 16.2 Å². The number of carbonyl (C=O) groups is 4. The third-order valence-electron chi connectivity index (χ3n) is 7.02. The standard InChI is InChI=1S/C29H36O6/c1-19(30)29(6,20(2)31)18-24-12-8-11-23(14-24)17-28(5,26(34)35)16-22-10-7-9-21(13-22)15-27(3,4)25(32)33/h7-14H,15-18H2,1-6H3,(H,32,33)(H,34,35). The summed E-state index contributed by atoms with van der Waals surface area (Å²) in [5.41, 5.74) is 0.140. The van der Waals surface area contributed by atoms with E-state index in [1.807, 2.05) is 48.5 Å². The SMILES string of the molecule is CC(=O)C(C)(Cc1cccc(CC(C)(Cc2cccc(CC(C)(C)C(=O)O)c2)C(=O)O)c1)C(C)=O. The van der Waals surface area contributed by atoms with Crippen molar-refractivity contribution in [1.82, 2.24) is 0 Å². The van der Waals surface area contributed by atoms with Crippen molar-refractivity contribution in [2.24, 2.45) is 16.2 Å². The average Bonchev–Trinajstić information content (AvgIpc) is 2.73. The summed E-state index contributed by atoms with van der Waals surface area (Å²) in [7, 11) is 0. The molecule has 0 bridgehead atoms. The highest BCUT2D eigenvalue weighted by Gasteiger charge is 2.36. The van der Waals surface area contributed by atoms with Gasteiger partial charge in [-0.2, -0.15) is 0 Å². The molecule has 0 radical (unpaired) electrons. The number of ketones is 2. The highest BCUT2D eigenvalue weighted by atomic mass is 16.4. The van der Waals surface area contributed by atoms with Crippen LogP contribution in [0.4, 0.5) is 0 Å². The van der Waals surface area contributed by atoms with Gasteiger partial charge in [-0.25, -0.2) is 0 Å². The van der Waals surface area contributed by atoms with E-state index in [-0.39, 0.29) is 30.8 Å². The molecule has 2 aromatic rings. The highest BCUT2D eigenvalue weighted by Crippen LogP contribution is 2.31. The molecule has 35 heavy (non-hydrogen) atoms. The number of carbonyl (C=O) groups excluding carboxylic acids is 2.